The predicted molar refractivity (Wildman–Crippen MR) is 81.9 cm³/mol. The molecule has 0 bridgehead atoms. The van der Waals surface area contributed by atoms with E-state index in [2.05, 4.69) is 30.5 Å². The van der Waals surface area contributed by atoms with E-state index in [1.54, 1.807) is 0 Å². The lowest BCUT2D eigenvalue weighted by molar-refractivity contribution is -0.123. The minimum atomic E-state index is -0.0313. The van der Waals surface area contributed by atoms with Crippen molar-refractivity contribution in [3.05, 3.63) is 29.8 Å². The molecule has 1 saturated carbocycles. The SMILES string of the molecule is CC1(C)CCCC(NC(=O)C2CNc3ccccc32)C1. The van der Waals surface area contributed by atoms with E-state index in [0.29, 0.717) is 11.5 Å². The zero-order valence-corrected chi connectivity index (χ0v) is 12.4. The van der Waals surface area contributed by atoms with Crippen LogP contribution >= 0.6 is 0 Å². The van der Waals surface area contributed by atoms with Crippen LogP contribution in [0.5, 0.6) is 0 Å². The summed E-state index contributed by atoms with van der Waals surface area (Å²) < 4.78 is 0. The standard InChI is InChI=1S/C17H24N2O/c1-17(2)9-5-6-12(10-17)19-16(20)14-11-18-15-8-4-3-7-13(14)15/h3-4,7-8,12,14,18H,5-6,9-11H2,1-2H3,(H,19,20). The van der Waals surface area contributed by atoms with Crippen LogP contribution in [-0.4, -0.2) is 18.5 Å². The van der Waals surface area contributed by atoms with Crippen molar-refractivity contribution in [1.29, 1.82) is 0 Å². The summed E-state index contributed by atoms with van der Waals surface area (Å²) in [5.74, 6) is 0.154. The van der Waals surface area contributed by atoms with Gasteiger partial charge in [0.2, 0.25) is 5.91 Å². The molecule has 0 radical (unpaired) electrons. The van der Waals surface area contributed by atoms with Crippen molar-refractivity contribution in [3.63, 3.8) is 0 Å². The van der Waals surface area contributed by atoms with E-state index in [-0.39, 0.29) is 11.8 Å². The van der Waals surface area contributed by atoms with E-state index in [9.17, 15) is 4.79 Å². The molecule has 1 aromatic carbocycles. The van der Waals surface area contributed by atoms with Crippen LogP contribution < -0.4 is 10.6 Å². The largest absolute Gasteiger partial charge is 0.384 e. The van der Waals surface area contributed by atoms with Gasteiger partial charge in [-0.3, -0.25) is 4.79 Å². The van der Waals surface area contributed by atoms with E-state index in [0.717, 1.165) is 30.6 Å². The van der Waals surface area contributed by atoms with Gasteiger partial charge in [0.15, 0.2) is 0 Å². The topological polar surface area (TPSA) is 41.1 Å². The molecular weight excluding hydrogens is 248 g/mol. The highest BCUT2D eigenvalue weighted by Crippen LogP contribution is 2.36. The van der Waals surface area contributed by atoms with Gasteiger partial charge in [-0.05, 0) is 36.3 Å². The molecule has 3 rings (SSSR count). The fraction of sp³-hybridized carbons (Fsp3) is 0.588. The number of rotatable bonds is 2. The molecule has 2 N–H and O–H groups in total. The zero-order chi connectivity index (χ0) is 14.2. The summed E-state index contributed by atoms with van der Waals surface area (Å²) >= 11 is 0. The summed E-state index contributed by atoms with van der Waals surface area (Å²) in [6.07, 6.45) is 4.71. The monoisotopic (exact) mass is 272 g/mol. The lowest BCUT2D eigenvalue weighted by Crippen LogP contribution is -2.43. The van der Waals surface area contributed by atoms with Crippen molar-refractivity contribution in [2.24, 2.45) is 5.41 Å². The van der Waals surface area contributed by atoms with Crippen LogP contribution in [0.3, 0.4) is 0 Å². The molecule has 20 heavy (non-hydrogen) atoms. The Morgan fingerprint density at radius 3 is 2.95 bits per heavy atom. The Morgan fingerprint density at radius 2 is 2.15 bits per heavy atom. The van der Waals surface area contributed by atoms with Gasteiger partial charge in [-0.2, -0.15) is 0 Å². The van der Waals surface area contributed by atoms with Crippen LogP contribution in [0.1, 0.15) is 51.0 Å². The molecule has 1 aliphatic carbocycles. The maximum Gasteiger partial charge on any atom is 0.229 e. The third-order valence-corrected chi connectivity index (χ3v) is 4.70. The van der Waals surface area contributed by atoms with Gasteiger partial charge in [0.05, 0.1) is 5.92 Å². The summed E-state index contributed by atoms with van der Waals surface area (Å²) in [5, 5.41) is 6.60. The lowest BCUT2D eigenvalue weighted by Gasteiger charge is -2.36. The third-order valence-electron chi connectivity index (χ3n) is 4.70. The van der Waals surface area contributed by atoms with Crippen LogP contribution in [0.25, 0.3) is 0 Å². The Bertz CT molecular complexity index is 509. The molecule has 3 nitrogen and oxygen atoms in total. The van der Waals surface area contributed by atoms with Gasteiger partial charge in [0.25, 0.3) is 0 Å². The quantitative estimate of drug-likeness (QED) is 0.867. The molecule has 2 aliphatic rings. The molecule has 0 aromatic heterocycles. The van der Waals surface area contributed by atoms with Gasteiger partial charge in [-0.15, -0.1) is 0 Å². The van der Waals surface area contributed by atoms with E-state index in [1.165, 1.54) is 12.8 Å². The van der Waals surface area contributed by atoms with Crippen LogP contribution in [0, 0.1) is 5.41 Å². The molecule has 2 atom stereocenters. The Hall–Kier alpha value is -1.51. The van der Waals surface area contributed by atoms with Crippen molar-refractivity contribution in [1.82, 2.24) is 5.32 Å². The van der Waals surface area contributed by atoms with Gasteiger partial charge in [-0.1, -0.05) is 38.5 Å². The first-order chi connectivity index (χ1) is 9.55. The molecule has 3 heteroatoms. The van der Waals surface area contributed by atoms with Gasteiger partial charge in [0, 0.05) is 18.3 Å². The maximum atomic E-state index is 12.5. The van der Waals surface area contributed by atoms with Gasteiger partial charge in [0.1, 0.15) is 0 Å². The number of hydrogen-bond acceptors (Lipinski definition) is 2. The fourth-order valence-electron chi connectivity index (χ4n) is 3.64. The van der Waals surface area contributed by atoms with Crippen LogP contribution in [0.2, 0.25) is 0 Å². The number of anilines is 1. The Labute approximate surface area is 121 Å². The summed E-state index contributed by atoms with van der Waals surface area (Å²) in [7, 11) is 0. The first-order valence-electron chi connectivity index (χ1n) is 7.68. The normalized spacial score (nSPS) is 27.5. The first kappa shape index (κ1) is 13.5. The zero-order valence-electron chi connectivity index (χ0n) is 12.4. The number of carbonyl (C=O) groups excluding carboxylic acids is 1. The number of carbonyl (C=O) groups is 1. The molecular formula is C17H24N2O. The number of fused-ring (bicyclic) bond motifs is 1. The van der Waals surface area contributed by atoms with Gasteiger partial charge < -0.3 is 10.6 Å². The van der Waals surface area contributed by atoms with E-state index in [1.807, 2.05) is 18.2 Å². The van der Waals surface area contributed by atoms with E-state index < -0.39 is 0 Å². The number of para-hydroxylation sites is 1. The molecule has 108 valence electrons. The second-order valence-corrected chi connectivity index (χ2v) is 6.99. The lowest BCUT2D eigenvalue weighted by atomic mass is 9.75. The minimum Gasteiger partial charge on any atom is -0.384 e. The Morgan fingerprint density at radius 1 is 1.35 bits per heavy atom. The molecule has 1 aliphatic heterocycles. The highest BCUT2D eigenvalue weighted by atomic mass is 16.2. The van der Waals surface area contributed by atoms with Crippen LogP contribution in [-0.2, 0) is 4.79 Å². The second-order valence-electron chi connectivity index (χ2n) is 6.99. The van der Waals surface area contributed by atoms with Crippen molar-refractivity contribution in [2.75, 3.05) is 11.9 Å². The predicted octanol–water partition coefficient (Wildman–Crippen LogP) is 3.28. The van der Waals surface area contributed by atoms with Crippen molar-refractivity contribution >= 4 is 11.6 Å². The van der Waals surface area contributed by atoms with Crippen LogP contribution in [0.15, 0.2) is 24.3 Å². The highest BCUT2D eigenvalue weighted by Gasteiger charge is 2.33. The minimum absolute atomic E-state index is 0.0313. The summed E-state index contributed by atoms with van der Waals surface area (Å²) in [6, 6.07) is 8.47. The third kappa shape index (κ3) is 2.67. The smallest absolute Gasteiger partial charge is 0.229 e. The molecule has 1 aromatic rings. The summed E-state index contributed by atoms with van der Waals surface area (Å²) in [5.41, 5.74) is 2.61. The first-order valence-corrected chi connectivity index (χ1v) is 7.68. The van der Waals surface area contributed by atoms with Crippen molar-refractivity contribution in [2.45, 2.75) is 51.5 Å². The average Bonchev–Trinajstić information content (AvgIpc) is 2.81. The van der Waals surface area contributed by atoms with Crippen molar-refractivity contribution in [3.8, 4) is 0 Å². The maximum absolute atomic E-state index is 12.5. The average molecular weight is 272 g/mol. The summed E-state index contributed by atoms with van der Waals surface area (Å²) in [6.45, 7) is 5.33. The number of benzene rings is 1. The Balaban J connectivity index is 1.66. The fourth-order valence-corrected chi connectivity index (χ4v) is 3.64. The van der Waals surface area contributed by atoms with E-state index in [4.69, 9.17) is 0 Å². The Kier molecular flexibility index (Phi) is 3.45. The molecule has 1 amide bonds. The van der Waals surface area contributed by atoms with Crippen molar-refractivity contribution < 1.29 is 4.79 Å². The molecule has 2 unspecified atom stereocenters. The molecule has 0 spiro atoms. The summed E-state index contributed by atoms with van der Waals surface area (Å²) in [4.78, 5) is 12.5. The number of nitrogens with one attached hydrogen (secondary N) is 2. The second kappa shape index (κ2) is 5.12. The van der Waals surface area contributed by atoms with Gasteiger partial charge >= 0.3 is 0 Å². The van der Waals surface area contributed by atoms with Crippen LogP contribution in [0.4, 0.5) is 5.69 Å². The van der Waals surface area contributed by atoms with E-state index >= 15 is 0 Å². The van der Waals surface area contributed by atoms with Gasteiger partial charge in [-0.25, -0.2) is 0 Å². The molecule has 1 heterocycles. The number of hydrogen-bond donors (Lipinski definition) is 2. The molecule has 1 fully saturated rings. The molecule has 0 saturated heterocycles. The highest BCUT2D eigenvalue weighted by molar-refractivity contribution is 5.88. The number of amides is 1.